The maximum atomic E-state index is 12.6. The molecule has 0 spiro atoms. The van der Waals surface area contributed by atoms with E-state index in [1.807, 2.05) is 53.4 Å². The zero-order valence-corrected chi connectivity index (χ0v) is 22.1. The predicted octanol–water partition coefficient (Wildman–Crippen LogP) is 6.36. The van der Waals surface area contributed by atoms with E-state index in [-0.39, 0.29) is 18.2 Å². The lowest BCUT2D eigenvalue weighted by atomic mass is 9.98. The molecule has 1 atom stereocenters. The van der Waals surface area contributed by atoms with Crippen molar-refractivity contribution in [1.82, 2.24) is 14.8 Å². The summed E-state index contributed by atoms with van der Waals surface area (Å²) in [6, 6.07) is 20.1. The molecule has 0 bridgehead atoms. The molecule has 1 amide bonds. The summed E-state index contributed by atoms with van der Waals surface area (Å²) >= 11 is 7.85. The van der Waals surface area contributed by atoms with Crippen molar-refractivity contribution in [3.05, 3.63) is 82.5 Å². The third-order valence-corrected chi connectivity index (χ3v) is 8.12. The lowest BCUT2D eigenvalue weighted by Gasteiger charge is -2.38. The number of hydrogen-bond donors (Lipinski definition) is 0. The van der Waals surface area contributed by atoms with Crippen LogP contribution in [-0.4, -0.2) is 53.7 Å². The number of cyclic esters (lactones) is 1. The van der Waals surface area contributed by atoms with E-state index in [2.05, 4.69) is 24.0 Å². The van der Waals surface area contributed by atoms with Gasteiger partial charge in [-0.25, -0.2) is 9.78 Å². The third kappa shape index (κ3) is 5.64. The highest BCUT2D eigenvalue weighted by atomic mass is 35.5. The van der Waals surface area contributed by atoms with E-state index < -0.39 is 0 Å². The Hall–Kier alpha value is -2.74. The first-order valence-corrected chi connectivity index (χ1v) is 13.4. The average molecular weight is 524 g/mol. The van der Waals surface area contributed by atoms with Gasteiger partial charge in [-0.3, -0.25) is 9.80 Å². The molecule has 2 aliphatic heterocycles. The average Bonchev–Trinajstić information content (AvgIpc) is 3.28. The first-order chi connectivity index (χ1) is 17.5. The number of aromatic nitrogens is 1. The van der Waals surface area contributed by atoms with Crippen LogP contribution < -0.4 is 4.74 Å². The Morgan fingerprint density at radius 1 is 1.11 bits per heavy atom. The summed E-state index contributed by atoms with van der Waals surface area (Å²) in [6.45, 7) is 5.18. The van der Waals surface area contributed by atoms with Crippen LogP contribution in [0.4, 0.5) is 4.79 Å². The Bertz CT molecular complexity index is 1210. The molecule has 3 heterocycles. The summed E-state index contributed by atoms with van der Waals surface area (Å²) in [5, 5.41) is 1.67. The van der Waals surface area contributed by atoms with Gasteiger partial charge in [0.1, 0.15) is 17.4 Å². The van der Waals surface area contributed by atoms with Crippen molar-refractivity contribution < 1.29 is 14.3 Å². The first kappa shape index (κ1) is 24.9. The molecule has 0 aliphatic carbocycles. The number of piperidine rings is 1. The number of ether oxygens (including phenoxy) is 2. The molecular weight excluding hydrogens is 494 g/mol. The second-order valence-electron chi connectivity index (χ2n) is 9.23. The Morgan fingerprint density at radius 3 is 2.58 bits per heavy atom. The monoisotopic (exact) mass is 523 g/mol. The lowest BCUT2D eigenvalue weighted by molar-refractivity contribution is 0.104. The van der Waals surface area contributed by atoms with Gasteiger partial charge >= 0.3 is 6.09 Å². The Labute approximate surface area is 221 Å². The number of rotatable bonds is 7. The molecule has 8 heteroatoms. The van der Waals surface area contributed by atoms with E-state index in [1.165, 1.54) is 5.56 Å². The molecule has 188 valence electrons. The number of likely N-dealkylation sites (tertiary alicyclic amines) is 1. The number of pyridine rings is 1. The van der Waals surface area contributed by atoms with Gasteiger partial charge in [0.15, 0.2) is 0 Å². The molecule has 2 aliphatic rings. The van der Waals surface area contributed by atoms with Gasteiger partial charge < -0.3 is 9.47 Å². The molecule has 1 aromatic heterocycles. The van der Waals surface area contributed by atoms with Gasteiger partial charge in [-0.1, -0.05) is 41.6 Å². The molecule has 5 rings (SSSR count). The van der Waals surface area contributed by atoms with Crippen molar-refractivity contribution in [2.24, 2.45) is 0 Å². The van der Waals surface area contributed by atoms with E-state index in [1.54, 1.807) is 18.9 Å². The smallest absolute Gasteiger partial charge is 0.410 e. The predicted molar refractivity (Wildman–Crippen MR) is 142 cm³/mol. The van der Waals surface area contributed by atoms with Crippen LogP contribution in [0.1, 0.15) is 35.7 Å². The van der Waals surface area contributed by atoms with Crippen LogP contribution in [0.2, 0.25) is 5.02 Å². The Morgan fingerprint density at radius 2 is 1.89 bits per heavy atom. The summed E-state index contributed by atoms with van der Waals surface area (Å²) in [5.74, 6) is 0.851. The van der Waals surface area contributed by atoms with Gasteiger partial charge in [-0.05, 0) is 73.4 Å². The fraction of sp³-hybridized carbons (Fsp3) is 0.357. The van der Waals surface area contributed by atoms with Crippen LogP contribution in [-0.2, 0) is 11.3 Å². The van der Waals surface area contributed by atoms with Gasteiger partial charge in [0.25, 0.3) is 0 Å². The number of methoxy groups -OCH3 is 1. The molecule has 1 unspecified atom stereocenters. The highest BCUT2D eigenvalue weighted by Gasteiger charge is 2.40. The van der Waals surface area contributed by atoms with E-state index in [0.717, 1.165) is 59.4 Å². The highest BCUT2D eigenvalue weighted by Crippen LogP contribution is 2.34. The topological polar surface area (TPSA) is 54.9 Å². The number of amides is 1. The number of aryl methyl sites for hydroxylation is 1. The molecule has 2 saturated heterocycles. The fourth-order valence-electron chi connectivity index (χ4n) is 4.96. The molecule has 6 nitrogen and oxygen atoms in total. The van der Waals surface area contributed by atoms with Gasteiger partial charge in [0.05, 0.1) is 13.2 Å². The van der Waals surface area contributed by atoms with Crippen LogP contribution >= 0.6 is 23.4 Å². The molecule has 0 radical (unpaired) electrons. The van der Waals surface area contributed by atoms with Crippen molar-refractivity contribution in [3.63, 3.8) is 0 Å². The number of hydrogen-bond acceptors (Lipinski definition) is 6. The van der Waals surface area contributed by atoms with Crippen molar-refractivity contribution in [2.45, 2.75) is 48.3 Å². The van der Waals surface area contributed by atoms with E-state index in [0.29, 0.717) is 11.6 Å². The molecule has 36 heavy (non-hydrogen) atoms. The molecule has 0 saturated carbocycles. The van der Waals surface area contributed by atoms with E-state index in [9.17, 15) is 4.79 Å². The van der Waals surface area contributed by atoms with Crippen LogP contribution in [0.5, 0.6) is 5.75 Å². The van der Waals surface area contributed by atoms with E-state index >= 15 is 0 Å². The van der Waals surface area contributed by atoms with Crippen LogP contribution in [0.25, 0.3) is 0 Å². The zero-order chi connectivity index (χ0) is 25.1. The van der Waals surface area contributed by atoms with Crippen LogP contribution in [0.3, 0.4) is 0 Å². The molecular formula is C28H30ClN3O3S. The van der Waals surface area contributed by atoms with E-state index in [4.69, 9.17) is 26.1 Å². The van der Waals surface area contributed by atoms with Gasteiger partial charge in [-0.2, -0.15) is 0 Å². The Balaban J connectivity index is 1.18. The van der Waals surface area contributed by atoms with Gasteiger partial charge in [0.2, 0.25) is 0 Å². The summed E-state index contributed by atoms with van der Waals surface area (Å²) in [6.07, 6.45) is 1.62. The summed E-state index contributed by atoms with van der Waals surface area (Å²) in [7, 11) is 1.67. The van der Waals surface area contributed by atoms with Crippen molar-refractivity contribution in [2.75, 3.05) is 26.8 Å². The summed E-state index contributed by atoms with van der Waals surface area (Å²) in [5.41, 5.74) is 3.33. The molecule has 2 aromatic carbocycles. The van der Waals surface area contributed by atoms with Crippen LogP contribution in [0.15, 0.2) is 70.6 Å². The number of benzene rings is 2. The van der Waals surface area contributed by atoms with Gasteiger partial charge in [0, 0.05) is 41.3 Å². The minimum absolute atomic E-state index is 0.0741. The number of carbonyl (C=O) groups excluding carboxylic acids is 1. The van der Waals surface area contributed by atoms with Crippen molar-refractivity contribution >= 4 is 29.5 Å². The quantitative estimate of drug-likeness (QED) is 0.359. The largest absolute Gasteiger partial charge is 0.497 e. The highest BCUT2D eigenvalue weighted by molar-refractivity contribution is 7.99. The zero-order valence-electron chi connectivity index (χ0n) is 20.5. The third-order valence-electron chi connectivity index (χ3n) is 6.94. The minimum Gasteiger partial charge on any atom is -0.497 e. The first-order valence-electron chi connectivity index (χ1n) is 12.2. The number of carbonyl (C=O) groups is 1. The van der Waals surface area contributed by atoms with Crippen molar-refractivity contribution in [3.8, 4) is 5.75 Å². The summed E-state index contributed by atoms with van der Waals surface area (Å²) < 4.78 is 10.7. The number of halogens is 1. The van der Waals surface area contributed by atoms with Crippen molar-refractivity contribution in [1.29, 1.82) is 0 Å². The second kappa shape index (κ2) is 11.1. The number of nitrogens with zero attached hydrogens (tertiary/aromatic N) is 3. The SMILES string of the molecule is COc1ccc(Sc2ccc(CN3CCC(N4C(=O)OCC4c4cccc(Cl)c4)CC3)c(C)n2)cc1. The van der Waals surface area contributed by atoms with Crippen LogP contribution in [0, 0.1) is 6.92 Å². The maximum absolute atomic E-state index is 12.6. The van der Waals surface area contributed by atoms with Gasteiger partial charge in [-0.15, -0.1) is 0 Å². The maximum Gasteiger partial charge on any atom is 0.410 e. The second-order valence-corrected chi connectivity index (χ2v) is 10.8. The standard InChI is InChI=1S/C28H30ClN3O3S/c1-19-21(6-11-27(30-19)36-25-9-7-24(34-2)8-10-25)17-31-14-12-23(13-15-31)32-26(18-35-28(32)33)20-4-3-5-22(29)16-20/h3-11,16,23,26H,12-15,17-18H2,1-2H3. The molecule has 2 fully saturated rings. The molecule has 0 N–H and O–H groups in total. The summed E-state index contributed by atoms with van der Waals surface area (Å²) in [4.78, 5) is 23.0. The Kier molecular flexibility index (Phi) is 7.70. The fourth-order valence-corrected chi connectivity index (χ4v) is 5.99. The minimum atomic E-state index is -0.219. The molecule has 3 aromatic rings. The lowest BCUT2D eigenvalue weighted by Crippen LogP contribution is -2.46. The normalized spacial score (nSPS) is 18.9.